The maximum Gasteiger partial charge on any atom is 0.275 e. The van der Waals surface area contributed by atoms with Crippen LogP contribution in [-0.2, 0) is 11.3 Å². The maximum absolute atomic E-state index is 11.9. The van der Waals surface area contributed by atoms with Crippen LogP contribution >= 0.6 is 0 Å². The van der Waals surface area contributed by atoms with Crippen LogP contribution in [-0.4, -0.2) is 37.8 Å². The van der Waals surface area contributed by atoms with Crippen molar-refractivity contribution < 1.29 is 19.5 Å². The van der Waals surface area contributed by atoms with Gasteiger partial charge < -0.3 is 20.1 Å². The Hall–Kier alpha value is -2.27. The molecule has 2 aromatic rings. The number of amides is 1. The lowest BCUT2D eigenvalue weighted by Gasteiger charge is -2.17. The number of quaternary nitrogens is 1. The van der Waals surface area contributed by atoms with Gasteiger partial charge in [0.15, 0.2) is 6.54 Å². The summed E-state index contributed by atoms with van der Waals surface area (Å²) in [7, 11) is 3.57. The second-order valence-electron chi connectivity index (χ2n) is 6.18. The van der Waals surface area contributed by atoms with Crippen LogP contribution in [0.25, 0.3) is 10.8 Å². The quantitative estimate of drug-likeness (QED) is 0.747. The van der Waals surface area contributed by atoms with Gasteiger partial charge in [-0.25, -0.2) is 0 Å². The van der Waals surface area contributed by atoms with Gasteiger partial charge in [-0.2, -0.15) is 0 Å². The molecular weight excluding hydrogens is 292 g/mol. The number of phenols is 1. The van der Waals surface area contributed by atoms with Crippen LogP contribution in [0.4, 0.5) is 0 Å². The fourth-order valence-corrected chi connectivity index (χ4v) is 2.67. The SMILES string of the molecule is COc1ccc2ccc(O)c(C[NH+](C)CC(=O)NC(C)C)c2c1. The number of rotatable bonds is 6. The van der Waals surface area contributed by atoms with E-state index >= 15 is 0 Å². The first kappa shape index (κ1) is 17.1. The number of phenolic OH excluding ortho intramolecular Hbond substituents is 1. The average molecular weight is 317 g/mol. The molecule has 1 atom stereocenters. The fraction of sp³-hybridized carbons (Fsp3) is 0.389. The Balaban J connectivity index is 2.24. The Kier molecular flexibility index (Phi) is 5.45. The van der Waals surface area contributed by atoms with Crippen LogP contribution in [0.1, 0.15) is 19.4 Å². The van der Waals surface area contributed by atoms with E-state index in [4.69, 9.17) is 4.74 Å². The molecule has 0 fully saturated rings. The molecule has 0 heterocycles. The molecule has 0 aliphatic carbocycles. The molecule has 0 aliphatic rings. The second kappa shape index (κ2) is 7.33. The maximum atomic E-state index is 11.9. The van der Waals surface area contributed by atoms with Crippen molar-refractivity contribution in [3.05, 3.63) is 35.9 Å². The molecule has 1 unspecified atom stereocenters. The van der Waals surface area contributed by atoms with Crippen LogP contribution in [0.15, 0.2) is 30.3 Å². The molecule has 2 rings (SSSR count). The van der Waals surface area contributed by atoms with E-state index in [1.807, 2.05) is 45.2 Å². The van der Waals surface area contributed by atoms with E-state index in [1.54, 1.807) is 13.2 Å². The highest BCUT2D eigenvalue weighted by Crippen LogP contribution is 2.29. The number of methoxy groups -OCH3 is 1. The molecule has 5 heteroatoms. The third-order valence-corrected chi connectivity index (χ3v) is 3.71. The molecule has 3 N–H and O–H groups in total. The first-order chi connectivity index (χ1) is 10.9. The number of benzene rings is 2. The Bertz CT molecular complexity index is 698. The van der Waals surface area contributed by atoms with Crippen LogP contribution in [0.5, 0.6) is 11.5 Å². The van der Waals surface area contributed by atoms with E-state index in [-0.39, 0.29) is 17.7 Å². The van der Waals surface area contributed by atoms with Crippen molar-refractivity contribution in [2.75, 3.05) is 20.7 Å². The highest BCUT2D eigenvalue weighted by Gasteiger charge is 2.16. The zero-order valence-electron chi connectivity index (χ0n) is 14.1. The van der Waals surface area contributed by atoms with Gasteiger partial charge in [-0.05, 0) is 42.8 Å². The molecule has 0 aromatic heterocycles. The molecule has 124 valence electrons. The summed E-state index contributed by atoms with van der Waals surface area (Å²) in [6, 6.07) is 9.50. The number of carbonyl (C=O) groups is 1. The minimum Gasteiger partial charge on any atom is -0.507 e. The zero-order valence-corrected chi connectivity index (χ0v) is 14.1. The van der Waals surface area contributed by atoms with Crippen LogP contribution in [0.3, 0.4) is 0 Å². The van der Waals surface area contributed by atoms with E-state index in [0.717, 1.165) is 27.0 Å². The number of fused-ring (bicyclic) bond motifs is 1. The molecule has 2 aromatic carbocycles. The summed E-state index contributed by atoms with van der Waals surface area (Å²) < 4.78 is 5.28. The highest BCUT2D eigenvalue weighted by molar-refractivity contribution is 5.88. The summed E-state index contributed by atoms with van der Waals surface area (Å²) in [5.41, 5.74) is 0.830. The van der Waals surface area contributed by atoms with Gasteiger partial charge >= 0.3 is 0 Å². The minimum absolute atomic E-state index is 0.00908. The molecule has 0 radical (unpaired) electrons. The third-order valence-electron chi connectivity index (χ3n) is 3.71. The standard InChI is InChI=1S/C18H24N2O3/c1-12(2)19-18(22)11-20(3)10-16-15-9-14(23-4)7-5-13(15)6-8-17(16)21/h5-9,12,21H,10-11H2,1-4H3,(H,19,22)/p+1. The molecule has 0 aliphatic heterocycles. The van der Waals surface area contributed by atoms with E-state index in [0.29, 0.717) is 13.1 Å². The number of aromatic hydroxyl groups is 1. The van der Waals surface area contributed by atoms with Gasteiger partial charge in [0.2, 0.25) is 0 Å². The number of nitrogens with one attached hydrogen (secondary N) is 2. The number of likely N-dealkylation sites (N-methyl/N-ethyl adjacent to an activating group) is 1. The predicted molar refractivity (Wildman–Crippen MR) is 90.9 cm³/mol. The van der Waals surface area contributed by atoms with Crippen LogP contribution in [0, 0.1) is 0 Å². The number of hydrogen-bond acceptors (Lipinski definition) is 3. The van der Waals surface area contributed by atoms with E-state index in [2.05, 4.69) is 5.32 Å². The summed E-state index contributed by atoms with van der Waals surface area (Å²) in [5.74, 6) is 1.00. The number of ether oxygens (including phenoxy) is 1. The molecule has 0 saturated heterocycles. The van der Waals surface area contributed by atoms with Crippen molar-refractivity contribution in [2.45, 2.75) is 26.4 Å². The van der Waals surface area contributed by atoms with Gasteiger partial charge in [-0.1, -0.05) is 12.1 Å². The lowest BCUT2D eigenvalue weighted by molar-refractivity contribution is -0.885. The summed E-state index contributed by atoms with van der Waals surface area (Å²) in [6.45, 7) is 4.80. The smallest absolute Gasteiger partial charge is 0.275 e. The van der Waals surface area contributed by atoms with Gasteiger partial charge in [0.25, 0.3) is 5.91 Å². The average Bonchev–Trinajstić information content (AvgIpc) is 2.48. The summed E-state index contributed by atoms with van der Waals surface area (Å²) >= 11 is 0. The minimum atomic E-state index is 0.00908. The van der Waals surface area contributed by atoms with E-state index in [1.165, 1.54) is 0 Å². The van der Waals surface area contributed by atoms with Crippen LogP contribution < -0.4 is 15.0 Å². The van der Waals surface area contributed by atoms with Gasteiger partial charge in [0.1, 0.15) is 18.0 Å². The third kappa shape index (κ3) is 4.36. The summed E-state index contributed by atoms with van der Waals surface area (Å²) in [4.78, 5) is 12.9. The van der Waals surface area contributed by atoms with Crippen LogP contribution in [0.2, 0.25) is 0 Å². The molecule has 0 saturated carbocycles. The molecule has 1 amide bonds. The predicted octanol–water partition coefficient (Wildman–Crippen LogP) is 1.09. The largest absolute Gasteiger partial charge is 0.507 e. The van der Waals surface area contributed by atoms with E-state index < -0.39 is 0 Å². The molecule has 0 spiro atoms. The molecule has 23 heavy (non-hydrogen) atoms. The Labute approximate surface area is 136 Å². The van der Waals surface area contributed by atoms with Gasteiger partial charge in [-0.15, -0.1) is 0 Å². The Morgan fingerprint density at radius 3 is 2.65 bits per heavy atom. The number of carbonyl (C=O) groups excluding carboxylic acids is 1. The van der Waals surface area contributed by atoms with Crippen molar-refractivity contribution in [1.29, 1.82) is 0 Å². The lowest BCUT2D eigenvalue weighted by atomic mass is 10.0. The van der Waals surface area contributed by atoms with Crippen molar-refractivity contribution in [3.63, 3.8) is 0 Å². The normalized spacial score (nSPS) is 12.4. The highest BCUT2D eigenvalue weighted by atomic mass is 16.5. The van der Waals surface area contributed by atoms with Crippen molar-refractivity contribution in [3.8, 4) is 11.5 Å². The van der Waals surface area contributed by atoms with Gasteiger partial charge in [0, 0.05) is 6.04 Å². The van der Waals surface area contributed by atoms with Gasteiger partial charge in [0.05, 0.1) is 19.7 Å². The monoisotopic (exact) mass is 317 g/mol. The molecule has 5 nitrogen and oxygen atoms in total. The molecular formula is C18H25N2O3+. The summed E-state index contributed by atoms with van der Waals surface area (Å²) in [6.07, 6.45) is 0. The Morgan fingerprint density at radius 1 is 1.30 bits per heavy atom. The molecule has 0 bridgehead atoms. The zero-order chi connectivity index (χ0) is 17.0. The van der Waals surface area contributed by atoms with Gasteiger partial charge in [-0.3, -0.25) is 4.79 Å². The second-order valence-corrected chi connectivity index (χ2v) is 6.18. The Morgan fingerprint density at radius 2 is 2.00 bits per heavy atom. The first-order valence-corrected chi connectivity index (χ1v) is 7.80. The van der Waals surface area contributed by atoms with Crippen molar-refractivity contribution >= 4 is 16.7 Å². The summed E-state index contributed by atoms with van der Waals surface area (Å²) in [5, 5.41) is 15.1. The fourth-order valence-electron chi connectivity index (χ4n) is 2.67. The van der Waals surface area contributed by atoms with E-state index in [9.17, 15) is 9.90 Å². The number of hydrogen-bond donors (Lipinski definition) is 3. The first-order valence-electron chi connectivity index (χ1n) is 7.80. The topological polar surface area (TPSA) is 63.0 Å². The van der Waals surface area contributed by atoms with Crippen molar-refractivity contribution in [1.82, 2.24) is 5.32 Å². The van der Waals surface area contributed by atoms with Crippen molar-refractivity contribution in [2.24, 2.45) is 0 Å². The lowest BCUT2D eigenvalue weighted by Crippen LogP contribution is -3.09.